The van der Waals surface area contributed by atoms with Gasteiger partial charge in [0.2, 0.25) is 15.9 Å². The first-order valence-electron chi connectivity index (χ1n) is 8.20. The Bertz CT molecular complexity index is 789. The molecule has 0 spiro atoms. The summed E-state index contributed by atoms with van der Waals surface area (Å²) in [5.41, 5.74) is -0.0368. The van der Waals surface area contributed by atoms with E-state index < -0.39 is 14.9 Å². The lowest BCUT2D eigenvalue weighted by Gasteiger charge is -2.29. The van der Waals surface area contributed by atoms with Crippen LogP contribution in [0.1, 0.15) is 19.3 Å². The third-order valence-corrected chi connectivity index (χ3v) is 6.37. The Hall–Kier alpha value is -2.20. The van der Waals surface area contributed by atoms with E-state index in [0.717, 1.165) is 25.3 Å². The molecule has 136 valence electrons. The van der Waals surface area contributed by atoms with Crippen molar-refractivity contribution in [2.45, 2.75) is 24.2 Å². The van der Waals surface area contributed by atoms with Crippen molar-refractivity contribution in [1.29, 1.82) is 0 Å². The smallest absolute Gasteiger partial charge is 0.293 e. The molecule has 1 aromatic rings. The number of benzene rings is 1. The number of nitrogens with zero attached hydrogens (tertiary/aromatic N) is 3. The number of nitro groups is 1. The van der Waals surface area contributed by atoms with Crippen LogP contribution in [0.25, 0.3) is 0 Å². The van der Waals surface area contributed by atoms with Crippen LogP contribution in [0.2, 0.25) is 0 Å². The van der Waals surface area contributed by atoms with Crippen molar-refractivity contribution in [2.75, 3.05) is 37.6 Å². The Kier molecular flexibility index (Phi) is 4.91. The molecule has 10 heteroatoms. The summed E-state index contributed by atoms with van der Waals surface area (Å²) in [6.45, 7) is 1.71. The van der Waals surface area contributed by atoms with E-state index in [2.05, 4.69) is 5.32 Å². The van der Waals surface area contributed by atoms with E-state index in [1.807, 2.05) is 0 Å². The average Bonchev–Trinajstić information content (AvgIpc) is 2.62. The van der Waals surface area contributed by atoms with Gasteiger partial charge in [-0.2, -0.15) is 4.31 Å². The van der Waals surface area contributed by atoms with E-state index in [-0.39, 0.29) is 28.7 Å². The summed E-state index contributed by atoms with van der Waals surface area (Å²) in [6, 6.07) is 3.91. The first-order chi connectivity index (χ1) is 11.9. The number of anilines is 1. The highest BCUT2D eigenvalue weighted by molar-refractivity contribution is 7.89. The van der Waals surface area contributed by atoms with Gasteiger partial charge in [0.05, 0.1) is 16.4 Å². The van der Waals surface area contributed by atoms with Gasteiger partial charge in [-0.25, -0.2) is 8.42 Å². The maximum Gasteiger partial charge on any atom is 0.293 e. The molecule has 9 nitrogen and oxygen atoms in total. The van der Waals surface area contributed by atoms with Crippen molar-refractivity contribution in [2.24, 2.45) is 0 Å². The van der Waals surface area contributed by atoms with Gasteiger partial charge in [0, 0.05) is 32.2 Å². The summed E-state index contributed by atoms with van der Waals surface area (Å²) in [4.78, 5) is 23.9. The molecular weight excluding hydrogens is 348 g/mol. The fourth-order valence-corrected chi connectivity index (χ4v) is 4.71. The summed E-state index contributed by atoms with van der Waals surface area (Å²) >= 11 is 0. The molecule has 1 aromatic carbocycles. The monoisotopic (exact) mass is 368 g/mol. The van der Waals surface area contributed by atoms with Crippen LogP contribution >= 0.6 is 0 Å². The number of rotatable bonds is 4. The van der Waals surface area contributed by atoms with Crippen LogP contribution in [-0.2, 0) is 14.8 Å². The van der Waals surface area contributed by atoms with Crippen LogP contribution in [0, 0.1) is 10.1 Å². The Balaban J connectivity index is 1.96. The fourth-order valence-electron chi connectivity index (χ4n) is 3.18. The lowest BCUT2D eigenvalue weighted by molar-refractivity contribution is -0.384. The minimum absolute atomic E-state index is 0.0130. The Morgan fingerprint density at radius 3 is 2.48 bits per heavy atom. The molecule has 0 radical (unpaired) electrons. The number of sulfonamides is 1. The summed E-state index contributed by atoms with van der Waals surface area (Å²) < 4.78 is 26.8. The SMILES string of the molecule is O=C1CN(c2ccc(S(=O)(=O)N3CCCCC3)cc2[N+](=O)[O-])CCN1. The summed E-state index contributed by atoms with van der Waals surface area (Å²) in [6.07, 6.45) is 2.58. The minimum Gasteiger partial charge on any atom is -0.355 e. The molecular formula is C15H20N4O5S. The van der Waals surface area contributed by atoms with Crippen LogP contribution in [0.15, 0.2) is 23.1 Å². The third-order valence-electron chi connectivity index (χ3n) is 4.48. The summed E-state index contributed by atoms with van der Waals surface area (Å²) in [7, 11) is -3.75. The highest BCUT2D eigenvalue weighted by atomic mass is 32.2. The molecule has 0 saturated carbocycles. The quantitative estimate of drug-likeness (QED) is 0.618. The number of hydrogen-bond donors (Lipinski definition) is 1. The normalized spacial score (nSPS) is 19.5. The van der Waals surface area contributed by atoms with Gasteiger partial charge >= 0.3 is 0 Å². The van der Waals surface area contributed by atoms with Crippen molar-refractivity contribution in [1.82, 2.24) is 9.62 Å². The Labute approximate surface area is 145 Å². The molecule has 2 aliphatic rings. The summed E-state index contributed by atoms with van der Waals surface area (Å²) in [5, 5.41) is 14.1. The first-order valence-corrected chi connectivity index (χ1v) is 9.64. The fraction of sp³-hybridized carbons (Fsp3) is 0.533. The molecule has 0 unspecified atom stereocenters. The van der Waals surface area contributed by atoms with Crippen molar-refractivity contribution < 1.29 is 18.1 Å². The van der Waals surface area contributed by atoms with Gasteiger partial charge in [-0.05, 0) is 25.0 Å². The van der Waals surface area contributed by atoms with Gasteiger partial charge in [-0.15, -0.1) is 0 Å². The number of piperazine rings is 1. The lowest BCUT2D eigenvalue weighted by atomic mass is 10.2. The second-order valence-corrected chi connectivity index (χ2v) is 8.08. The maximum atomic E-state index is 12.7. The molecule has 2 fully saturated rings. The van der Waals surface area contributed by atoms with Crippen molar-refractivity contribution in [3.63, 3.8) is 0 Å². The topological polar surface area (TPSA) is 113 Å². The molecule has 0 bridgehead atoms. The number of carbonyl (C=O) groups excluding carboxylic acids is 1. The zero-order valence-electron chi connectivity index (χ0n) is 13.7. The number of nitro benzene ring substituents is 1. The molecule has 1 N–H and O–H groups in total. The second-order valence-electron chi connectivity index (χ2n) is 6.14. The van der Waals surface area contributed by atoms with E-state index in [0.29, 0.717) is 26.2 Å². The van der Waals surface area contributed by atoms with Crippen LogP contribution in [0.4, 0.5) is 11.4 Å². The van der Waals surface area contributed by atoms with Gasteiger partial charge in [0.1, 0.15) is 5.69 Å². The lowest BCUT2D eigenvalue weighted by Crippen LogP contribution is -2.47. The predicted octanol–water partition coefficient (Wildman–Crippen LogP) is 0.706. The molecule has 2 saturated heterocycles. The van der Waals surface area contributed by atoms with Gasteiger partial charge < -0.3 is 10.2 Å². The zero-order valence-corrected chi connectivity index (χ0v) is 14.5. The highest BCUT2D eigenvalue weighted by Gasteiger charge is 2.30. The molecule has 2 heterocycles. The van der Waals surface area contributed by atoms with Crippen LogP contribution in [0.5, 0.6) is 0 Å². The maximum absolute atomic E-state index is 12.7. The van der Waals surface area contributed by atoms with Gasteiger partial charge in [0.15, 0.2) is 0 Å². The molecule has 25 heavy (non-hydrogen) atoms. The van der Waals surface area contributed by atoms with Crippen LogP contribution in [0.3, 0.4) is 0 Å². The van der Waals surface area contributed by atoms with Gasteiger partial charge in [0.25, 0.3) is 5.69 Å². The Morgan fingerprint density at radius 1 is 1.12 bits per heavy atom. The number of carbonyl (C=O) groups is 1. The molecule has 0 aliphatic carbocycles. The number of amides is 1. The van der Waals surface area contributed by atoms with E-state index in [4.69, 9.17) is 0 Å². The van der Waals surface area contributed by atoms with E-state index >= 15 is 0 Å². The largest absolute Gasteiger partial charge is 0.355 e. The standard InChI is InChI=1S/C15H20N4O5S/c20-15-11-17(9-6-16-15)13-5-4-12(10-14(13)19(21)22)25(23,24)18-7-2-1-3-8-18/h4-5,10H,1-3,6-9,11H2,(H,16,20). The van der Waals surface area contributed by atoms with Crippen molar-refractivity contribution >= 4 is 27.3 Å². The van der Waals surface area contributed by atoms with Crippen molar-refractivity contribution in [3.05, 3.63) is 28.3 Å². The zero-order chi connectivity index (χ0) is 18.0. The van der Waals surface area contributed by atoms with Gasteiger partial charge in [-0.3, -0.25) is 14.9 Å². The first kappa shape index (κ1) is 17.6. The number of hydrogen-bond acceptors (Lipinski definition) is 6. The molecule has 2 aliphatic heterocycles. The van der Waals surface area contributed by atoms with Crippen LogP contribution in [-0.4, -0.2) is 56.3 Å². The Morgan fingerprint density at radius 2 is 1.84 bits per heavy atom. The van der Waals surface area contributed by atoms with E-state index in [1.165, 1.54) is 16.4 Å². The van der Waals surface area contributed by atoms with Crippen LogP contribution < -0.4 is 10.2 Å². The highest BCUT2D eigenvalue weighted by Crippen LogP contribution is 2.32. The van der Waals surface area contributed by atoms with E-state index in [1.54, 1.807) is 4.90 Å². The third kappa shape index (κ3) is 3.59. The number of nitrogens with one attached hydrogen (secondary N) is 1. The summed E-state index contributed by atoms with van der Waals surface area (Å²) in [5.74, 6) is -0.217. The number of piperidine rings is 1. The molecule has 0 atom stereocenters. The van der Waals surface area contributed by atoms with Gasteiger partial charge in [-0.1, -0.05) is 6.42 Å². The second kappa shape index (κ2) is 6.96. The van der Waals surface area contributed by atoms with E-state index in [9.17, 15) is 23.3 Å². The molecule has 1 amide bonds. The average molecular weight is 368 g/mol. The molecule has 3 rings (SSSR count). The predicted molar refractivity (Wildman–Crippen MR) is 90.9 cm³/mol. The minimum atomic E-state index is -3.75. The molecule has 0 aromatic heterocycles. The van der Waals surface area contributed by atoms with Crippen molar-refractivity contribution in [3.8, 4) is 0 Å².